The molecule has 0 unspecified atom stereocenters. The zero-order chi connectivity index (χ0) is 15.7. The summed E-state index contributed by atoms with van der Waals surface area (Å²) in [7, 11) is -8.63. The van der Waals surface area contributed by atoms with E-state index in [0.717, 1.165) is 6.07 Å². The Morgan fingerprint density at radius 3 is 1.95 bits per heavy atom. The van der Waals surface area contributed by atoms with Crippen molar-refractivity contribution in [1.29, 1.82) is 0 Å². The van der Waals surface area contributed by atoms with Crippen molar-refractivity contribution in [3.8, 4) is 0 Å². The Bertz CT molecular complexity index is 876. The van der Waals surface area contributed by atoms with E-state index in [9.17, 15) is 16.8 Å². The van der Waals surface area contributed by atoms with Gasteiger partial charge in [-0.2, -0.15) is 8.42 Å². The third-order valence-corrected chi connectivity index (χ3v) is 4.97. The van der Waals surface area contributed by atoms with E-state index in [4.69, 9.17) is 10.3 Å². The van der Waals surface area contributed by atoms with Crippen LogP contribution in [0.3, 0.4) is 0 Å². The maximum atomic E-state index is 12.2. The molecule has 2 rings (SSSR count). The van der Waals surface area contributed by atoms with Crippen molar-refractivity contribution >= 4 is 31.5 Å². The molecule has 0 saturated carbocycles. The van der Waals surface area contributed by atoms with Gasteiger partial charge < -0.3 is 5.73 Å². The van der Waals surface area contributed by atoms with E-state index in [-0.39, 0.29) is 16.3 Å². The molecule has 0 heterocycles. The molecule has 21 heavy (non-hydrogen) atoms. The highest BCUT2D eigenvalue weighted by Crippen LogP contribution is 2.25. The largest absolute Gasteiger partial charge is 0.398 e. The van der Waals surface area contributed by atoms with Gasteiger partial charge in [0.15, 0.2) is 0 Å². The number of hydrogen-bond acceptors (Lipinski definition) is 5. The van der Waals surface area contributed by atoms with Crippen LogP contribution in [-0.4, -0.2) is 21.4 Å². The zero-order valence-corrected chi connectivity index (χ0v) is 12.2. The topological polar surface area (TPSA) is 127 Å². The molecule has 0 aromatic heterocycles. The normalized spacial score (nSPS) is 12.0. The van der Waals surface area contributed by atoms with Gasteiger partial charge in [-0.3, -0.25) is 9.27 Å². The summed E-state index contributed by atoms with van der Waals surface area (Å²) in [5.74, 6) is 0. The molecule has 0 saturated heterocycles. The minimum atomic E-state index is -4.56. The fraction of sp³-hybridized carbons (Fsp3) is 0. The number of rotatable bonds is 4. The minimum absolute atomic E-state index is 0.0225. The van der Waals surface area contributed by atoms with Crippen molar-refractivity contribution in [3.63, 3.8) is 0 Å². The van der Waals surface area contributed by atoms with Crippen LogP contribution in [0.1, 0.15) is 0 Å². The second-order valence-electron chi connectivity index (χ2n) is 4.11. The number of nitrogen functional groups attached to an aromatic ring is 1. The van der Waals surface area contributed by atoms with Crippen LogP contribution in [0.4, 0.5) is 11.4 Å². The maximum absolute atomic E-state index is 12.2. The van der Waals surface area contributed by atoms with Crippen molar-refractivity contribution in [3.05, 3.63) is 48.5 Å². The Balaban J connectivity index is 2.51. The van der Waals surface area contributed by atoms with E-state index in [2.05, 4.69) is 4.72 Å². The van der Waals surface area contributed by atoms with Gasteiger partial charge in [0.1, 0.15) is 9.79 Å². The molecule has 0 fully saturated rings. The Morgan fingerprint density at radius 1 is 0.857 bits per heavy atom. The number of para-hydroxylation sites is 2. The van der Waals surface area contributed by atoms with E-state index < -0.39 is 25.0 Å². The lowest BCUT2D eigenvalue weighted by Gasteiger charge is -2.12. The van der Waals surface area contributed by atoms with Gasteiger partial charge in [-0.05, 0) is 24.3 Å². The van der Waals surface area contributed by atoms with Crippen LogP contribution in [0.5, 0.6) is 0 Å². The van der Waals surface area contributed by atoms with Crippen molar-refractivity contribution in [1.82, 2.24) is 0 Å². The van der Waals surface area contributed by atoms with Crippen LogP contribution in [0.25, 0.3) is 0 Å². The van der Waals surface area contributed by atoms with E-state index in [0.29, 0.717) is 0 Å². The fourth-order valence-corrected chi connectivity index (χ4v) is 3.63. The number of nitrogens with one attached hydrogen (secondary N) is 1. The van der Waals surface area contributed by atoms with Gasteiger partial charge in [0.05, 0.1) is 11.4 Å². The average molecular weight is 328 g/mol. The maximum Gasteiger partial charge on any atom is 0.296 e. The molecule has 0 spiro atoms. The number of nitrogens with two attached hydrogens (primary N) is 1. The van der Waals surface area contributed by atoms with Crippen LogP contribution < -0.4 is 10.5 Å². The third kappa shape index (κ3) is 3.32. The van der Waals surface area contributed by atoms with Crippen LogP contribution in [0.15, 0.2) is 58.3 Å². The highest BCUT2D eigenvalue weighted by Gasteiger charge is 2.22. The minimum Gasteiger partial charge on any atom is -0.398 e. The number of sulfonamides is 1. The van der Waals surface area contributed by atoms with Crippen molar-refractivity contribution in [2.45, 2.75) is 9.79 Å². The molecular weight excluding hydrogens is 316 g/mol. The summed E-state index contributed by atoms with van der Waals surface area (Å²) < 4.78 is 58.2. The van der Waals surface area contributed by atoms with Crippen LogP contribution in [0, 0.1) is 0 Å². The van der Waals surface area contributed by atoms with Gasteiger partial charge >= 0.3 is 0 Å². The first-order chi connectivity index (χ1) is 9.72. The molecule has 7 nitrogen and oxygen atoms in total. The summed E-state index contributed by atoms with van der Waals surface area (Å²) in [4.78, 5) is -0.724. The highest BCUT2D eigenvalue weighted by molar-refractivity contribution is 7.93. The van der Waals surface area contributed by atoms with Crippen LogP contribution >= 0.6 is 0 Å². The second kappa shape index (κ2) is 5.35. The van der Waals surface area contributed by atoms with Gasteiger partial charge in [-0.15, -0.1) is 0 Å². The van der Waals surface area contributed by atoms with Gasteiger partial charge in [0, 0.05) is 0 Å². The molecule has 0 aliphatic heterocycles. The van der Waals surface area contributed by atoms with Gasteiger partial charge in [0.2, 0.25) is 0 Å². The molecule has 0 radical (unpaired) electrons. The highest BCUT2D eigenvalue weighted by atomic mass is 32.2. The van der Waals surface area contributed by atoms with E-state index >= 15 is 0 Å². The van der Waals surface area contributed by atoms with Crippen molar-refractivity contribution in [2.75, 3.05) is 10.5 Å². The molecule has 2 aromatic carbocycles. The Kier molecular flexibility index (Phi) is 3.90. The average Bonchev–Trinajstić information content (AvgIpc) is 2.38. The summed E-state index contributed by atoms with van der Waals surface area (Å²) in [6.45, 7) is 0. The molecule has 0 amide bonds. The molecule has 0 aliphatic rings. The zero-order valence-electron chi connectivity index (χ0n) is 10.6. The predicted octanol–water partition coefficient (Wildman–Crippen LogP) is 1.32. The van der Waals surface area contributed by atoms with Gasteiger partial charge in [-0.25, -0.2) is 8.42 Å². The van der Waals surface area contributed by atoms with Crippen LogP contribution in [0.2, 0.25) is 0 Å². The summed E-state index contributed by atoms with van der Waals surface area (Å²) in [6, 6.07) is 10.8. The standard InChI is InChI=1S/C12H12N2O5S2/c13-9-5-1-3-7-11(9)20(15,16)14-10-6-2-4-8-12(10)21(17,18)19/h1-8,14H,13H2,(H,17,18,19). The molecule has 0 atom stereocenters. The molecule has 4 N–H and O–H groups in total. The number of anilines is 2. The van der Waals surface area contributed by atoms with Crippen molar-refractivity contribution in [2.24, 2.45) is 0 Å². The first-order valence-corrected chi connectivity index (χ1v) is 8.58. The third-order valence-electron chi connectivity index (χ3n) is 2.62. The summed E-state index contributed by atoms with van der Waals surface area (Å²) in [5.41, 5.74) is 5.36. The molecule has 0 aliphatic carbocycles. The number of benzene rings is 2. The Labute approximate surface area is 122 Å². The van der Waals surface area contributed by atoms with Gasteiger partial charge in [0.25, 0.3) is 20.1 Å². The molecule has 9 heteroatoms. The molecule has 2 aromatic rings. The lowest BCUT2D eigenvalue weighted by atomic mass is 10.3. The Morgan fingerprint density at radius 2 is 1.38 bits per heavy atom. The van der Waals surface area contributed by atoms with Crippen molar-refractivity contribution < 1.29 is 21.4 Å². The van der Waals surface area contributed by atoms with E-state index in [1.807, 2.05) is 0 Å². The van der Waals surface area contributed by atoms with Gasteiger partial charge in [-0.1, -0.05) is 24.3 Å². The quantitative estimate of drug-likeness (QED) is 0.574. The lowest BCUT2D eigenvalue weighted by Crippen LogP contribution is -2.16. The first kappa shape index (κ1) is 15.3. The van der Waals surface area contributed by atoms with E-state index in [1.54, 1.807) is 6.07 Å². The monoisotopic (exact) mass is 328 g/mol. The second-order valence-corrected chi connectivity index (χ2v) is 7.16. The summed E-state index contributed by atoms with van der Waals surface area (Å²) in [6.07, 6.45) is 0. The smallest absolute Gasteiger partial charge is 0.296 e. The lowest BCUT2D eigenvalue weighted by molar-refractivity contribution is 0.483. The molecule has 112 valence electrons. The fourth-order valence-electron chi connectivity index (χ4n) is 1.70. The predicted molar refractivity (Wildman–Crippen MR) is 77.9 cm³/mol. The SMILES string of the molecule is Nc1ccccc1S(=O)(=O)Nc1ccccc1S(=O)(=O)O. The molecular formula is C12H12N2O5S2. The number of hydrogen-bond donors (Lipinski definition) is 3. The summed E-state index contributed by atoms with van der Waals surface area (Å²) in [5, 5.41) is 0. The first-order valence-electron chi connectivity index (χ1n) is 5.65. The molecule has 0 bridgehead atoms. The Hall–Kier alpha value is -2.10. The van der Waals surface area contributed by atoms with Crippen LogP contribution in [-0.2, 0) is 20.1 Å². The van der Waals surface area contributed by atoms with E-state index in [1.165, 1.54) is 36.4 Å². The summed E-state index contributed by atoms with van der Waals surface area (Å²) >= 11 is 0.